The second kappa shape index (κ2) is 5.65. The van der Waals surface area contributed by atoms with Crippen LogP contribution in [0.5, 0.6) is 0 Å². The summed E-state index contributed by atoms with van der Waals surface area (Å²) in [5, 5.41) is 13.4. The molecule has 2 N–H and O–H groups in total. The van der Waals surface area contributed by atoms with Crippen molar-refractivity contribution in [2.75, 3.05) is 13.2 Å². The van der Waals surface area contributed by atoms with Crippen LogP contribution >= 0.6 is 15.9 Å². The average molecular weight is 318 g/mol. The van der Waals surface area contributed by atoms with Gasteiger partial charge in [-0.05, 0) is 25.1 Å². The van der Waals surface area contributed by atoms with Crippen LogP contribution in [0.2, 0.25) is 0 Å². The summed E-state index contributed by atoms with van der Waals surface area (Å²) in [6.45, 7) is 3.22. The van der Waals surface area contributed by atoms with E-state index in [4.69, 9.17) is 4.74 Å². The van der Waals surface area contributed by atoms with Crippen molar-refractivity contribution in [3.05, 3.63) is 34.1 Å². The van der Waals surface area contributed by atoms with Crippen molar-refractivity contribution < 1.29 is 14.2 Å². The maximum atomic E-state index is 13.5. The van der Waals surface area contributed by atoms with E-state index in [0.29, 0.717) is 31.7 Å². The molecule has 1 heterocycles. The fourth-order valence-corrected chi connectivity index (χ4v) is 2.50. The molecule has 100 valence electrons. The highest BCUT2D eigenvalue weighted by molar-refractivity contribution is 9.10. The predicted molar refractivity (Wildman–Crippen MR) is 70.8 cm³/mol. The van der Waals surface area contributed by atoms with Gasteiger partial charge in [0, 0.05) is 36.2 Å². The lowest BCUT2D eigenvalue weighted by molar-refractivity contribution is -0.0263. The smallest absolute Gasteiger partial charge is 0.127 e. The Morgan fingerprint density at radius 1 is 1.61 bits per heavy atom. The first kappa shape index (κ1) is 13.9. The zero-order chi connectivity index (χ0) is 13.2. The van der Waals surface area contributed by atoms with Crippen molar-refractivity contribution in [1.29, 1.82) is 0 Å². The molecule has 1 aromatic rings. The number of benzene rings is 1. The number of ether oxygens (including phenoxy) is 1. The molecule has 3 nitrogen and oxygen atoms in total. The van der Waals surface area contributed by atoms with E-state index in [1.165, 1.54) is 6.07 Å². The molecule has 0 spiro atoms. The molecule has 1 aromatic carbocycles. The molecule has 0 radical (unpaired) electrons. The number of hydrogen-bond acceptors (Lipinski definition) is 3. The molecule has 2 unspecified atom stereocenters. The topological polar surface area (TPSA) is 41.5 Å². The SMILES string of the molecule is CC1OCCC1(O)CNCc1cc(Br)ccc1F. The van der Waals surface area contributed by atoms with Gasteiger partial charge in [0.1, 0.15) is 11.4 Å². The Morgan fingerprint density at radius 2 is 2.39 bits per heavy atom. The lowest BCUT2D eigenvalue weighted by Crippen LogP contribution is -2.45. The van der Waals surface area contributed by atoms with Crippen LogP contribution in [-0.2, 0) is 11.3 Å². The van der Waals surface area contributed by atoms with Crippen LogP contribution in [-0.4, -0.2) is 30.0 Å². The van der Waals surface area contributed by atoms with Crippen LogP contribution in [0.25, 0.3) is 0 Å². The molecule has 0 bridgehead atoms. The molecule has 1 aliphatic rings. The van der Waals surface area contributed by atoms with E-state index in [1.54, 1.807) is 12.1 Å². The average Bonchev–Trinajstić information content (AvgIpc) is 2.64. The normalized spacial score (nSPS) is 27.7. The molecular formula is C13H17BrFNO2. The van der Waals surface area contributed by atoms with Crippen molar-refractivity contribution in [2.45, 2.75) is 31.6 Å². The Kier molecular flexibility index (Phi) is 4.37. The minimum atomic E-state index is -0.845. The Morgan fingerprint density at radius 3 is 3.06 bits per heavy atom. The summed E-state index contributed by atoms with van der Waals surface area (Å²) in [4.78, 5) is 0. The van der Waals surface area contributed by atoms with Crippen LogP contribution in [0.3, 0.4) is 0 Å². The van der Waals surface area contributed by atoms with Crippen molar-refractivity contribution >= 4 is 15.9 Å². The highest BCUT2D eigenvalue weighted by Gasteiger charge is 2.38. The maximum Gasteiger partial charge on any atom is 0.127 e. The molecule has 1 saturated heterocycles. The molecule has 2 rings (SSSR count). The zero-order valence-electron chi connectivity index (χ0n) is 10.2. The van der Waals surface area contributed by atoms with Gasteiger partial charge in [0.15, 0.2) is 0 Å². The minimum absolute atomic E-state index is 0.183. The van der Waals surface area contributed by atoms with Gasteiger partial charge >= 0.3 is 0 Å². The Hall–Kier alpha value is -0.490. The molecule has 5 heteroatoms. The van der Waals surface area contributed by atoms with Gasteiger partial charge in [-0.2, -0.15) is 0 Å². The van der Waals surface area contributed by atoms with E-state index in [9.17, 15) is 9.50 Å². The van der Waals surface area contributed by atoms with Gasteiger partial charge in [-0.15, -0.1) is 0 Å². The van der Waals surface area contributed by atoms with Gasteiger partial charge in [-0.25, -0.2) is 4.39 Å². The number of nitrogens with one attached hydrogen (secondary N) is 1. The van der Waals surface area contributed by atoms with Crippen LogP contribution in [0, 0.1) is 5.82 Å². The summed E-state index contributed by atoms with van der Waals surface area (Å²) in [7, 11) is 0. The second-order valence-corrected chi connectivity index (χ2v) is 5.62. The third-order valence-corrected chi connectivity index (χ3v) is 3.91. The monoisotopic (exact) mass is 317 g/mol. The predicted octanol–water partition coefficient (Wildman–Crippen LogP) is 2.22. The fourth-order valence-electron chi connectivity index (χ4n) is 2.10. The summed E-state index contributed by atoms with van der Waals surface area (Å²) in [6.07, 6.45) is 0.430. The molecule has 18 heavy (non-hydrogen) atoms. The lowest BCUT2D eigenvalue weighted by Gasteiger charge is -2.26. The van der Waals surface area contributed by atoms with E-state index >= 15 is 0 Å². The number of halogens is 2. The highest BCUT2D eigenvalue weighted by Crippen LogP contribution is 2.25. The second-order valence-electron chi connectivity index (χ2n) is 4.71. The van der Waals surface area contributed by atoms with Crippen molar-refractivity contribution in [1.82, 2.24) is 5.32 Å². The Balaban J connectivity index is 1.90. The summed E-state index contributed by atoms with van der Waals surface area (Å²) in [5.74, 6) is -0.242. The quantitative estimate of drug-likeness (QED) is 0.894. The molecule has 0 aromatic heterocycles. The van der Waals surface area contributed by atoms with Gasteiger partial charge < -0.3 is 15.2 Å². The summed E-state index contributed by atoms with van der Waals surface area (Å²) >= 11 is 3.31. The molecule has 1 fully saturated rings. The summed E-state index contributed by atoms with van der Waals surface area (Å²) in [6, 6.07) is 4.83. The van der Waals surface area contributed by atoms with E-state index in [-0.39, 0.29) is 11.9 Å². The summed E-state index contributed by atoms with van der Waals surface area (Å²) in [5.41, 5.74) is -0.262. The number of aliphatic hydroxyl groups is 1. The van der Waals surface area contributed by atoms with Crippen LogP contribution in [0.1, 0.15) is 18.9 Å². The standard InChI is InChI=1S/C13H17BrFNO2/c1-9-13(17,4-5-18-9)8-16-7-10-6-11(14)2-3-12(10)15/h2-3,6,9,16-17H,4-5,7-8H2,1H3. The molecule has 0 amide bonds. The van der Waals surface area contributed by atoms with Gasteiger partial charge in [0.25, 0.3) is 0 Å². The minimum Gasteiger partial charge on any atom is -0.386 e. The maximum absolute atomic E-state index is 13.5. The van der Waals surface area contributed by atoms with E-state index < -0.39 is 5.60 Å². The molecule has 1 aliphatic heterocycles. The number of rotatable bonds is 4. The van der Waals surface area contributed by atoms with Crippen molar-refractivity contribution in [3.63, 3.8) is 0 Å². The van der Waals surface area contributed by atoms with Crippen LogP contribution in [0.4, 0.5) is 4.39 Å². The third-order valence-electron chi connectivity index (χ3n) is 3.41. The number of hydrogen-bond donors (Lipinski definition) is 2. The van der Waals surface area contributed by atoms with Gasteiger partial charge in [0.2, 0.25) is 0 Å². The van der Waals surface area contributed by atoms with Gasteiger partial charge in [0.05, 0.1) is 6.10 Å². The largest absolute Gasteiger partial charge is 0.386 e. The molecule has 2 atom stereocenters. The first-order valence-electron chi connectivity index (χ1n) is 6.00. The third kappa shape index (κ3) is 3.09. The van der Waals surface area contributed by atoms with Crippen LogP contribution in [0.15, 0.2) is 22.7 Å². The molecule has 0 saturated carbocycles. The first-order chi connectivity index (χ1) is 8.51. The van der Waals surface area contributed by atoms with E-state index in [0.717, 1.165) is 4.47 Å². The molecular weight excluding hydrogens is 301 g/mol. The lowest BCUT2D eigenvalue weighted by atomic mass is 9.96. The van der Waals surface area contributed by atoms with Crippen molar-refractivity contribution in [2.24, 2.45) is 0 Å². The fraction of sp³-hybridized carbons (Fsp3) is 0.538. The Labute approximate surface area is 114 Å². The van der Waals surface area contributed by atoms with Crippen molar-refractivity contribution in [3.8, 4) is 0 Å². The van der Waals surface area contributed by atoms with Crippen LogP contribution < -0.4 is 5.32 Å². The first-order valence-corrected chi connectivity index (χ1v) is 6.79. The van der Waals surface area contributed by atoms with Gasteiger partial charge in [-0.3, -0.25) is 0 Å². The van der Waals surface area contributed by atoms with E-state index in [1.807, 2.05) is 6.92 Å². The van der Waals surface area contributed by atoms with E-state index in [2.05, 4.69) is 21.2 Å². The summed E-state index contributed by atoms with van der Waals surface area (Å²) < 4.78 is 19.7. The highest BCUT2D eigenvalue weighted by atomic mass is 79.9. The van der Waals surface area contributed by atoms with Gasteiger partial charge in [-0.1, -0.05) is 15.9 Å². The molecule has 0 aliphatic carbocycles. The Bertz CT molecular complexity index is 429. The zero-order valence-corrected chi connectivity index (χ0v) is 11.8.